The van der Waals surface area contributed by atoms with Crippen LogP contribution in [0.25, 0.3) is 0 Å². The monoisotopic (exact) mass is 310 g/mol. The lowest BCUT2D eigenvalue weighted by atomic mass is 10.2. The number of anilines is 1. The van der Waals surface area contributed by atoms with Gasteiger partial charge in [-0.1, -0.05) is 45.7 Å². The van der Waals surface area contributed by atoms with E-state index in [-0.39, 0.29) is 0 Å². The van der Waals surface area contributed by atoms with E-state index in [1.165, 1.54) is 0 Å². The van der Waals surface area contributed by atoms with Crippen LogP contribution < -0.4 is 10.9 Å². The summed E-state index contributed by atoms with van der Waals surface area (Å²) in [6.45, 7) is 0.691. The van der Waals surface area contributed by atoms with Gasteiger partial charge in [-0.25, -0.2) is 5.43 Å². The van der Waals surface area contributed by atoms with Gasteiger partial charge in [0.05, 0.1) is 0 Å². The molecule has 0 radical (unpaired) electrons. The molecule has 0 saturated carbocycles. The van der Waals surface area contributed by atoms with Crippen molar-refractivity contribution in [3.63, 3.8) is 0 Å². The molecule has 2 N–H and O–H groups in total. The third-order valence-electron chi connectivity index (χ3n) is 2.29. The molecule has 17 heavy (non-hydrogen) atoms. The van der Waals surface area contributed by atoms with E-state index in [4.69, 9.17) is 11.6 Å². The predicted molar refractivity (Wildman–Crippen MR) is 76.1 cm³/mol. The molecule has 2 aromatic rings. The fraction of sp³-hybridized carbons (Fsp3) is 0.0769. The van der Waals surface area contributed by atoms with E-state index >= 15 is 0 Å². The maximum absolute atomic E-state index is 5.94. The van der Waals surface area contributed by atoms with E-state index in [9.17, 15) is 0 Å². The first-order chi connectivity index (χ1) is 8.25. The molecule has 0 amide bonds. The first-order valence-corrected chi connectivity index (χ1v) is 6.40. The lowest BCUT2D eigenvalue weighted by Gasteiger charge is -2.09. The summed E-state index contributed by atoms with van der Waals surface area (Å²) >= 11 is 9.43. The second-order valence-corrected chi connectivity index (χ2v) is 4.87. The molecule has 2 nitrogen and oxygen atoms in total. The molecule has 0 unspecified atom stereocenters. The van der Waals surface area contributed by atoms with Gasteiger partial charge in [0.25, 0.3) is 0 Å². The number of rotatable bonds is 4. The Hall–Kier alpha value is -1.03. The summed E-state index contributed by atoms with van der Waals surface area (Å²) in [4.78, 5) is 0. The SMILES string of the molecule is Clc1ccc(Br)c(CNNc2ccccc2)c1. The number of hydrogen-bond acceptors (Lipinski definition) is 2. The van der Waals surface area contributed by atoms with Crippen LogP contribution >= 0.6 is 27.5 Å². The number of para-hydroxylation sites is 1. The lowest BCUT2D eigenvalue weighted by molar-refractivity contribution is 0.798. The number of nitrogens with one attached hydrogen (secondary N) is 2. The predicted octanol–water partition coefficient (Wildman–Crippen LogP) is 4.22. The van der Waals surface area contributed by atoms with Gasteiger partial charge in [0.1, 0.15) is 0 Å². The highest BCUT2D eigenvalue weighted by atomic mass is 79.9. The van der Waals surface area contributed by atoms with Gasteiger partial charge in [0.2, 0.25) is 0 Å². The third kappa shape index (κ3) is 3.73. The quantitative estimate of drug-likeness (QED) is 0.826. The average molecular weight is 312 g/mol. The van der Waals surface area contributed by atoms with Crippen LogP contribution in [0.1, 0.15) is 5.56 Å². The highest BCUT2D eigenvalue weighted by molar-refractivity contribution is 9.10. The van der Waals surface area contributed by atoms with Gasteiger partial charge in [-0.05, 0) is 35.9 Å². The molecule has 88 valence electrons. The number of hydrazine groups is 1. The number of benzene rings is 2. The Bertz CT molecular complexity index is 488. The minimum absolute atomic E-state index is 0.691. The van der Waals surface area contributed by atoms with Gasteiger partial charge in [0.15, 0.2) is 0 Å². The maximum Gasteiger partial charge on any atom is 0.0487 e. The van der Waals surface area contributed by atoms with Crippen molar-refractivity contribution in [3.05, 3.63) is 63.6 Å². The molecule has 4 heteroatoms. The summed E-state index contributed by atoms with van der Waals surface area (Å²) < 4.78 is 1.05. The van der Waals surface area contributed by atoms with Crippen molar-refractivity contribution in [1.82, 2.24) is 5.43 Å². The molecule has 0 aliphatic heterocycles. The molecule has 2 aromatic carbocycles. The molecule has 0 aliphatic carbocycles. The van der Waals surface area contributed by atoms with Crippen molar-refractivity contribution < 1.29 is 0 Å². The van der Waals surface area contributed by atoms with Crippen LogP contribution in [0.15, 0.2) is 53.0 Å². The zero-order valence-corrected chi connectivity index (χ0v) is 11.4. The fourth-order valence-corrected chi connectivity index (χ4v) is 2.02. The molecule has 0 saturated heterocycles. The van der Waals surface area contributed by atoms with Crippen molar-refractivity contribution in [3.8, 4) is 0 Å². The second kappa shape index (κ2) is 6.05. The van der Waals surface area contributed by atoms with Gasteiger partial charge in [0, 0.05) is 21.7 Å². The highest BCUT2D eigenvalue weighted by Gasteiger charge is 2.00. The van der Waals surface area contributed by atoms with Gasteiger partial charge < -0.3 is 5.43 Å². The molecular formula is C13H12BrClN2. The lowest BCUT2D eigenvalue weighted by Crippen LogP contribution is -2.20. The van der Waals surface area contributed by atoms with E-state index in [1.54, 1.807) is 0 Å². The molecule has 0 aliphatic rings. The summed E-state index contributed by atoms with van der Waals surface area (Å²) in [6, 6.07) is 15.7. The van der Waals surface area contributed by atoms with Gasteiger partial charge in [-0.15, -0.1) is 0 Å². The normalized spacial score (nSPS) is 10.2. The largest absolute Gasteiger partial charge is 0.321 e. The molecular weight excluding hydrogens is 300 g/mol. The fourth-order valence-electron chi connectivity index (χ4n) is 1.44. The van der Waals surface area contributed by atoms with E-state index < -0.39 is 0 Å². The molecule has 2 rings (SSSR count). The van der Waals surface area contributed by atoms with Crippen molar-refractivity contribution >= 4 is 33.2 Å². The molecule has 0 heterocycles. The van der Waals surface area contributed by atoms with Crippen molar-refractivity contribution in [2.24, 2.45) is 0 Å². The standard InChI is InChI=1S/C13H12BrClN2/c14-13-7-6-11(15)8-10(13)9-16-17-12-4-2-1-3-5-12/h1-8,16-17H,9H2. The van der Waals surface area contributed by atoms with Crippen molar-refractivity contribution in [2.75, 3.05) is 5.43 Å². The topological polar surface area (TPSA) is 24.1 Å². The molecule has 0 atom stereocenters. The Balaban J connectivity index is 1.92. The Morgan fingerprint density at radius 3 is 2.59 bits per heavy atom. The summed E-state index contributed by atoms with van der Waals surface area (Å²) in [7, 11) is 0. The van der Waals surface area contributed by atoms with Gasteiger partial charge in [-0.2, -0.15) is 0 Å². The second-order valence-electron chi connectivity index (χ2n) is 3.58. The summed E-state index contributed by atoms with van der Waals surface area (Å²) in [6.07, 6.45) is 0. The highest BCUT2D eigenvalue weighted by Crippen LogP contribution is 2.20. The van der Waals surface area contributed by atoms with Crippen LogP contribution in [-0.4, -0.2) is 0 Å². The van der Waals surface area contributed by atoms with Crippen LogP contribution in [0.3, 0.4) is 0 Å². The molecule has 0 bridgehead atoms. The summed E-state index contributed by atoms with van der Waals surface area (Å²) in [5.41, 5.74) is 8.42. The van der Waals surface area contributed by atoms with E-state index in [0.29, 0.717) is 6.54 Å². The van der Waals surface area contributed by atoms with E-state index in [2.05, 4.69) is 26.8 Å². The van der Waals surface area contributed by atoms with Crippen LogP contribution in [-0.2, 0) is 6.54 Å². The van der Waals surface area contributed by atoms with Crippen molar-refractivity contribution in [2.45, 2.75) is 6.54 Å². The van der Waals surface area contributed by atoms with Crippen LogP contribution in [0, 0.1) is 0 Å². The van der Waals surface area contributed by atoms with Gasteiger partial charge in [-0.3, -0.25) is 0 Å². The first kappa shape index (κ1) is 12.4. The number of hydrogen-bond donors (Lipinski definition) is 2. The Kier molecular flexibility index (Phi) is 4.42. The minimum atomic E-state index is 0.691. The zero-order valence-electron chi connectivity index (χ0n) is 9.08. The minimum Gasteiger partial charge on any atom is -0.321 e. The third-order valence-corrected chi connectivity index (χ3v) is 3.30. The van der Waals surface area contributed by atoms with Crippen LogP contribution in [0.2, 0.25) is 5.02 Å². The van der Waals surface area contributed by atoms with Crippen LogP contribution in [0.4, 0.5) is 5.69 Å². The smallest absolute Gasteiger partial charge is 0.0487 e. The Morgan fingerprint density at radius 1 is 1.06 bits per heavy atom. The van der Waals surface area contributed by atoms with Crippen LogP contribution in [0.5, 0.6) is 0 Å². The summed E-state index contributed by atoms with van der Waals surface area (Å²) in [5.74, 6) is 0. The van der Waals surface area contributed by atoms with Crippen molar-refractivity contribution in [1.29, 1.82) is 0 Å². The molecule has 0 fully saturated rings. The first-order valence-electron chi connectivity index (χ1n) is 5.23. The van der Waals surface area contributed by atoms with E-state index in [1.807, 2.05) is 48.5 Å². The van der Waals surface area contributed by atoms with E-state index in [0.717, 1.165) is 20.7 Å². The van der Waals surface area contributed by atoms with Gasteiger partial charge >= 0.3 is 0 Å². The Morgan fingerprint density at radius 2 is 1.82 bits per heavy atom. The maximum atomic E-state index is 5.94. The zero-order chi connectivity index (χ0) is 12.1. The molecule has 0 spiro atoms. The summed E-state index contributed by atoms with van der Waals surface area (Å²) in [5, 5.41) is 0.740. The average Bonchev–Trinajstić information content (AvgIpc) is 2.35. The number of halogens is 2. The molecule has 0 aromatic heterocycles. The Labute approximate surface area is 114 Å².